The Kier molecular flexibility index (Phi) is 5.83. The summed E-state index contributed by atoms with van der Waals surface area (Å²) in [5.41, 5.74) is 1.25. The van der Waals surface area contributed by atoms with E-state index in [1.165, 1.54) is 54.4 Å². The highest BCUT2D eigenvalue weighted by atomic mass is 19.2. The molecule has 1 aliphatic heterocycles. The summed E-state index contributed by atoms with van der Waals surface area (Å²) in [5.74, 6) is -4.23. The Labute approximate surface area is 187 Å². The first-order valence-electron chi connectivity index (χ1n) is 9.91. The van der Waals surface area contributed by atoms with Gasteiger partial charge in [-0.05, 0) is 59.7 Å². The number of benzene rings is 3. The lowest BCUT2D eigenvalue weighted by molar-refractivity contribution is -0.114. The van der Waals surface area contributed by atoms with Crippen molar-refractivity contribution in [2.75, 3.05) is 11.9 Å². The molecule has 2 amide bonds. The van der Waals surface area contributed by atoms with Gasteiger partial charge in [-0.15, -0.1) is 0 Å². The van der Waals surface area contributed by atoms with Crippen molar-refractivity contribution >= 4 is 29.4 Å². The minimum Gasteiger partial charge on any atom is -0.348 e. The number of hydrogen-bond donors (Lipinski definition) is 1. The first-order valence-corrected chi connectivity index (χ1v) is 9.91. The van der Waals surface area contributed by atoms with Crippen LogP contribution in [-0.4, -0.2) is 24.6 Å². The van der Waals surface area contributed by atoms with Gasteiger partial charge >= 0.3 is 0 Å². The molecule has 1 aliphatic rings. The van der Waals surface area contributed by atoms with Crippen LogP contribution in [0.15, 0.2) is 66.2 Å². The maximum Gasteiger partial charge on any atom is 0.262 e. The van der Waals surface area contributed by atoms with E-state index < -0.39 is 29.2 Å². The third-order valence-electron chi connectivity index (χ3n) is 5.27. The molecule has 33 heavy (non-hydrogen) atoms. The number of amides is 2. The predicted octanol–water partition coefficient (Wildman–Crippen LogP) is 4.28. The van der Waals surface area contributed by atoms with Crippen LogP contribution in [0.5, 0.6) is 0 Å². The van der Waals surface area contributed by atoms with Gasteiger partial charge < -0.3 is 10.2 Å². The molecule has 8 heteroatoms. The molecule has 4 rings (SSSR count). The van der Waals surface area contributed by atoms with Crippen molar-refractivity contribution in [3.63, 3.8) is 0 Å². The van der Waals surface area contributed by atoms with Gasteiger partial charge in [0, 0.05) is 24.7 Å². The third-order valence-corrected chi connectivity index (χ3v) is 5.27. The summed E-state index contributed by atoms with van der Waals surface area (Å²) in [4.78, 5) is 39.6. The quantitative estimate of drug-likeness (QED) is 0.477. The summed E-state index contributed by atoms with van der Waals surface area (Å²) < 4.78 is 39.8. The van der Waals surface area contributed by atoms with Crippen molar-refractivity contribution < 1.29 is 27.6 Å². The van der Waals surface area contributed by atoms with E-state index >= 15 is 0 Å². The zero-order valence-corrected chi connectivity index (χ0v) is 17.4. The molecule has 3 aromatic rings. The Morgan fingerprint density at radius 2 is 1.67 bits per heavy atom. The molecule has 0 aliphatic carbocycles. The van der Waals surface area contributed by atoms with Crippen molar-refractivity contribution in [1.29, 1.82) is 0 Å². The molecule has 0 saturated heterocycles. The lowest BCUT2D eigenvalue weighted by Crippen LogP contribution is -2.37. The predicted molar refractivity (Wildman–Crippen MR) is 116 cm³/mol. The number of carbonyl (C=O) groups excluding carboxylic acids is 3. The lowest BCUT2D eigenvalue weighted by Gasteiger charge is -2.27. The van der Waals surface area contributed by atoms with Gasteiger partial charge in [-0.25, -0.2) is 13.2 Å². The molecule has 0 bridgehead atoms. The van der Waals surface area contributed by atoms with Crippen molar-refractivity contribution in [2.24, 2.45) is 0 Å². The SMILES string of the molecule is CN1C(=O)/C(=C\c2ccc(F)c(F)c2)C(=O)c2cc(C(=O)NCc3ccc(F)cc3)ccc21. The van der Waals surface area contributed by atoms with Crippen LogP contribution in [0.4, 0.5) is 18.9 Å². The first-order chi connectivity index (χ1) is 15.7. The molecule has 0 radical (unpaired) electrons. The Morgan fingerprint density at radius 3 is 2.36 bits per heavy atom. The molecular weight excluding hydrogens is 433 g/mol. The maximum atomic E-state index is 13.6. The van der Waals surface area contributed by atoms with Gasteiger partial charge in [0.1, 0.15) is 5.82 Å². The van der Waals surface area contributed by atoms with Crippen molar-refractivity contribution in [3.8, 4) is 0 Å². The summed E-state index contributed by atoms with van der Waals surface area (Å²) in [7, 11) is 1.47. The van der Waals surface area contributed by atoms with E-state index in [9.17, 15) is 27.6 Å². The summed E-state index contributed by atoms with van der Waals surface area (Å²) in [6, 6.07) is 13.1. The van der Waals surface area contributed by atoms with E-state index in [1.807, 2.05) is 0 Å². The van der Waals surface area contributed by atoms with E-state index in [-0.39, 0.29) is 34.6 Å². The van der Waals surface area contributed by atoms with Crippen LogP contribution in [0.2, 0.25) is 0 Å². The van der Waals surface area contributed by atoms with Gasteiger partial charge in [0.05, 0.1) is 11.3 Å². The summed E-state index contributed by atoms with van der Waals surface area (Å²) in [6.07, 6.45) is 1.19. The fourth-order valence-corrected chi connectivity index (χ4v) is 3.47. The second-order valence-corrected chi connectivity index (χ2v) is 7.47. The monoisotopic (exact) mass is 450 g/mol. The Balaban J connectivity index is 1.62. The van der Waals surface area contributed by atoms with Crippen LogP contribution < -0.4 is 10.2 Å². The van der Waals surface area contributed by atoms with Crippen LogP contribution >= 0.6 is 0 Å². The second-order valence-electron chi connectivity index (χ2n) is 7.47. The fourth-order valence-electron chi connectivity index (χ4n) is 3.47. The molecule has 0 aromatic heterocycles. The van der Waals surface area contributed by atoms with Gasteiger partial charge in [0.25, 0.3) is 11.8 Å². The number of likely N-dealkylation sites (N-methyl/N-ethyl adjacent to an activating group) is 1. The van der Waals surface area contributed by atoms with Crippen LogP contribution in [0.3, 0.4) is 0 Å². The van der Waals surface area contributed by atoms with E-state index in [1.54, 1.807) is 12.1 Å². The molecule has 0 spiro atoms. The highest BCUT2D eigenvalue weighted by molar-refractivity contribution is 6.36. The lowest BCUT2D eigenvalue weighted by atomic mass is 9.92. The van der Waals surface area contributed by atoms with E-state index in [2.05, 4.69) is 5.32 Å². The van der Waals surface area contributed by atoms with Crippen LogP contribution in [-0.2, 0) is 11.3 Å². The van der Waals surface area contributed by atoms with E-state index in [0.29, 0.717) is 11.3 Å². The second kappa shape index (κ2) is 8.74. The average Bonchev–Trinajstić information content (AvgIpc) is 2.81. The number of Topliss-reactive ketones (excluding diaryl/α,β-unsaturated/α-hetero) is 1. The number of nitrogens with one attached hydrogen (secondary N) is 1. The highest BCUT2D eigenvalue weighted by Gasteiger charge is 2.33. The fraction of sp³-hybridized carbons (Fsp3) is 0.0800. The number of fused-ring (bicyclic) bond motifs is 1. The molecule has 166 valence electrons. The van der Waals surface area contributed by atoms with Crippen molar-refractivity contribution in [1.82, 2.24) is 5.32 Å². The van der Waals surface area contributed by atoms with Crippen LogP contribution in [0.1, 0.15) is 31.8 Å². The van der Waals surface area contributed by atoms with Crippen molar-refractivity contribution in [2.45, 2.75) is 6.54 Å². The number of rotatable bonds is 4. The Bertz CT molecular complexity index is 1320. The van der Waals surface area contributed by atoms with Crippen LogP contribution in [0.25, 0.3) is 6.08 Å². The zero-order valence-electron chi connectivity index (χ0n) is 17.4. The minimum absolute atomic E-state index is 0.125. The smallest absolute Gasteiger partial charge is 0.262 e. The molecule has 0 fully saturated rings. The Hall–Kier alpha value is -4.20. The topological polar surface area (TPSA) is 66.5 Å². The van der Waals surface area contributed by atoms with Gasteiger partial charge in [-0.3, -0.25) is 14.4 Å². The number of anilines is 1. The van der Waals surface area contributed by atoms with E-state index in [4.69, 9.17) is 0 Å². The summed E-state index contributed by atoms with van der Waals surface area (Å²) in [6.45, 7) is 0.157. The maximum absolute atomic E-state index is 13.6. The summed E-state index contributed by atoms with van der Waals surface area (Å²) >= 11 is 0. The largest absolute Gasteiger partial charge is 0.348 e. The molecule has 0 atom stereocenters. The zero-order chi connectivity index (χ0) is 23.7. The summed E-state index contributed by atoms with van der Waals surface area (Å²) in [5, 5.41) is 2.69. The number of halogens is 3. The number of ketones is 1. The minimum atomic E-state index is -1.10. The Morgan fingerprint density at radius 1 is 0.939 bits per heavy atom. The molecule has 0 saturated carbocycles. The van der Waals surface area contributed by atoms with Gasteiger partial charge in [-0.2, -0.15) is 0 Å². The highest BCUT2D eigenvalue weighted by Crippen LogP contribution is 2.31. The number of carbonyl (C=O) groups is 3. The van der Waals surface area contributed by atoms with Gasteiger partial charge in [0.2, 0.25) is 5.78 Å². The molecule has 1 N–H and O–H groups in total. The third kappa shape index (κ3) is 4.41. The first kappa shape index (κ1) is 22.0. The normalized spacial score (nSPS) is 14.4. The molecule has 5 nitrogen and oxygen atoms in total. The van der Waals surface area contributed by atoms with Crippen LogP contribution in [0, 0.1) is 17.5 Å². The number of nitrogens with zero attached hydrogens (tertiary/aromatic N) is 1. The van der Waals surface area contributed by atoms with Gasteiger partial charge in [-0.1, -0.05) is 18.2 Å². The average molecular weight is 450 g/mol. The molecular formula is C25H17F3N2O3. The number of hydrogen-bond acceptors (Lipinski definition) is 3. The molecule has 0 unspecified atom stereocenters. The van der Waals surface area contributed by atoms with Gasteiger partial charge in [0.15, 0.2) is 11.6 Å². The molecule has 3 aromatic carbocycles. The van der Waals surface area contributed by atoms with Crippen molar-refractivity contribution in [3.05, 3.63) is 106 Å². The van der Waals surface area contributed by atoms with E-state index in [0.717, 1.165) is 12.1 Å². The standard InChI is InChI=1S/C25H17F3N2O3/c1-30-22-9-5-16(24(32)29-13-14-2-6-17(26)7-3-14)12-18(22)23(31)19(25(30)33)10-15-4-8-20(27)21(28)11-15/h2-12H,13H2,1H3,(H,29,32)/b19-10-. The molecule has 1 heterocycles.